The number of amidine groups is 1. The summed E-state index contributed by atoms with van der Waals surface area (Å²) < 4.78 is 3.29. The number of pyridine rings is 1. The molecule has 4 aromatic rings. The molecule has 0 aliphatic rings. The molecule has 0 spiro atoms. The lowest BCUT2D eigenvalue weighted by Crippen LogP contribution is -2.13. The van der Waals surface area contributed by atoms with Crippen molar-refractivity contribution in [2.24, 2.45) is 10.8 Å². The van der Waals surface area contributed by atoms with Crippen molar-refractivity contribution in [2.75, 3.05) is 12.4 Å². The lowest BCUT2D eigenvalue weighted by atomic mass is 10.1. The van der Waals surface area contributed by atoms with Crippen LogP contribution in [0.15, 0.2) is 60.2 Å². The van der Waals surface area contributed by atoms with Crippen molar-refractivity contribution in [1.29, 1.82) is 10.9 Å². The average Bonchev–Trinajstić information content (AvgIpc) is 3.53. The molecule has 0 aliphatic heterocycles. The lowest BCUT2D eigenvalue weighted by molar-refractivity contribution is 0.102. The largest absolute Gasteiger partial charge is 0.391 e. The minimum Gasteiger partial charge on any atom is -0.391 e. The van der Waals surface area contributed by atoms with Crippen LogP contribution < -0.4 is 11.1 Å². The normalized spacial score (nSPS) is 11.0. The Morgan fingerprint density at radius 3 is 2.56 bits per heavy atom. The van der Waals surface area contributed by atoms with Gasteiger partial charge in [-0.15, -0.1) is 5.11 Å². The van der Waals surface area contributed by atoms with Gasteiger partial charge in [-0.25, -0.2) is 10.0 Å². The van der Waals surface area contributed by atoms with E-state index in [0.717, 1.165) is 16.7 Å². The van der Waals surface area contributed by atoms with E-state index in [-0.39, 0.29) is 11.7 Å². The highest BCUT2D eigenvalue weighted by Crippen LogP contribution is 2.24. The van der Waals surface area contributed by atoms with Crippen molar-refractivity contribution in [1.82, 2.24) is 19.4 Å². The molecule has 0 saturated heterocycles. The first-order chi connectivity index (χ1) is 17.4. The van der Waals surface area contributed by atoms with Crippen molar-refractivity contribution < 1.29 is 9.90 Å². The number of benzene rings is 1. The molecule has 0 aliphatic carbocycles. The highest BCUT2D eigenvalue weighted by molar-refractivity contribution is 6.10. The van der Waals surface area contributed by atoms with Gasteiger partial charge >= 0.3 is 0 Å². The molecule has 1 atom stereocenters. The van der Waals surface area contributed by atoms with Crippen LogP contribution in [0.25, 0.3) is 16.6 Å². The summed E-state index contributed by atoms with van der Waals surface area (Å²) in [5.41, 5.74) is 16.1. The van der Waals surface area contributed by atoms with E-state index in [0.29, 0.717) is 28.9 Å². The van der Waals surface area contributed by atoms with E-state index in [2.05, 4.69) is 26.4 Å². The van der Waals surface area contributed by atoms with Gasteiger partial charge in [0.25, 0.3) is 5.91 Å². The van der Waals surface area contributed by atoms with Crippen LogP contribution in [0.5, 0.6) is 0 Å². The molecular weight excluding hydrogens is 458 g/mol. The van der Waals surface area contributed by atoms with Crippen molar-refractivity contribution in [3.63, 3.8) is 0 Å². The maximum Gasteiger partial charge on any atom is 0.259 e. The molecular formula is C25H33N9O2. The number of nitrogens with one attached hydrogen (secondary N) is 3. The first-order valence-corrected chi connectivity index (χ1v) is 11.5. The molecule has 1 amide bonds. The molecule has 0 unspecified atom stereocenters. The van der Waals surface area contributed by atoms with E-state index in [1.165, 1.54) is 13.2 Å². The summed E-state index contributed by atoms with van der Waals surface area (Å²) in [6.07, 6.45) is 6.33. The van der Waals surface area contributed by atoms with Crippen molar-refractivity contribution in [3.05, 3.63) is 71.8 Å². The van der Waals surface area contributed by atoms with Gasteiger partial charge in [-0.05, 0) is 50.2 Å². The van der Waals surface area contributed by atoms with Crippen LogP contribution in [0.1, 0.15) is 42.3 Å². The molecule has 36 heavy (non-hydrogen) atoms. The number of amides is 1. The molecule has 3 aromatic heterocycles. The van der Waals surface area contributed by atoms with Crippen LogP contribution in [-0.4, -0.2) is 49.4 Å². The lowest BCUT2D eigenvalue weighted by Gasteiger charge is -2.10. The molecule has 0 fully saturated rings. The summed E-state index contributed by atoms with van der Waals surface area (Å²) in [6.45, 7) is 7.94. The van der Waals surface area contributed by atoms with Gasteiger partial charge in [0.15, 0.2) is 5.84 Å². The molecule has 4 rings (SSSR count). The van der Waals surface area contributed by atoms with Crippen molar-refractivity contribution in [2.45, 2.75) is 40.3 Å². The molecule has 190 valence electrons. The topological polar surface area (TPSA) is 171 Å². The molecule has 0 bridgehead atoms. The van der Waals surface area contributed by atoms with Gasteiger partial charge in [0.2, 0.25) is 0 Å². The highest BCUT2D eigenvalue weighted by Gasteiger charge is 2.16. The predicted octanol–water partition coefficient (Wildman–Crippen LogP) is 4.10. The summed E-state index contributed by atoms with van der Waals surface area (Å²) in [4.78, 5) is 13.0. The smallest absolute Gasteiger partial charge is 0.259 e. The maximum atomic E-state index is 13.0. The zero-order valence-corrected chi connectivity index (χ0v) is 21.1. The predicted molar refractivity (Wildman–Crippen MR) is 141 cm³/mol. The fraction of sp³-hybridized carbons (Fsp3) is 0.280. The summed E-state index contributed by atoms with van der Waals surface area (Å²) >= 11 is 0. The SMILES string of the molecule is CC.CN.Cc1ccc(C(=N)N=N)cc1NC(=O)c1cnn2ccc(-c3cnn(C[C@H](C)O)c3)cc12. The number of fused-ring (bicyclic) bond motifs is 1. The second-order valence-electron chi connectivity index (χ2n) is 7.55. The minimum absolute atomic E-state index is 0.183. The van der Waals surface area contributed by atoms with Gasteiger partial charge in [0.05, 0.1) is 36.1 Å². The number of carbonyl (C=O) groups excluding carboxylic acids is 1. The number of carbonyl (C=O) groups is 1. The minimum atomic E-state index is -0.504. The number of rotatable bonds is 6. The molecule has 11 heteroatoms. The first-order valence-electron chi connectivity index (χ1n) is 11.5. The van der Waals surface area contributed by atoms with Crippen molar-refractivity contribution >= 4 is 22.9 Å². The molecule has 1 aromatic carbocycles. The van der Waals surface area contributed by atoms with E-state index in [1.807, 2.05) is 39.1 Å². The standard InChI is InChI=1S/C22H22N8O2.C2H6.CH5N/c1-13-3-4-16(21(23)28-24)7-19(13)27-22(32)18-10-26-30-6-5-15(8-20(18)30)17-9-25-29(12-17)11-14(2)31;2*1-2/h3-10,12,14,23-24,31H,11H2,1-2H3,(H,27,32);1-2H3;2H2,1H3/t14-;;/m0../s1. The number of aliphatic hydroxyl groups excluding tert-OH is 1. The molecule has 3 heterocycles. The molecule has 11 nitrogen and oxygen atoms in total. The van der Waals surface area contributed by atoms with Gasteiger partial charge in [0, 0.05) is 29.2 Å². The third-order valence-corrected chi connectivity index (χ3v) is 5.06. The number of aromatic nitrogens is 4. The third kappa shape index (κ3) is 6.46. The number of nitrogens with zero attached hydrogens (tertiary/aromatic N) is 5. The number of aryl methyl sites for hydroxylation is 1. The van der Waals surface area contributed by atoms with Gasteiger partial charge < -0.3 is 16.2 Å². The Morgan fingerprint density at radius 2 is 1.89 bits per heavy atom. The average molecular weight is 492 g/mol. The van der Waals surface area contributed by atoms with Crippen LogP contribution in [0.4, 0.5) is 5.69 Å². The molecule has 6 N–H and O–H groups in total. The summed E-state index contributed by atoms with van der Waals surface area (Å²) in [7, 11) is 1.50. The van der Waals surface area contributed by atoms with Crippen LogP contribution in [0, 0.1) is 17.9 Å². The number of anilines is 1. The first kappa shape index (κ1) is 28.0. The number of hydrogen-bond donors (Lipinski definition) is 5. The monoisotopic (exact) mass is 491 g/mol. The Morgan fingerprint density at radius 1 is 1.17 bits per heavy atom. The second-order valence-corrected chi connectivity index (χ2v) is 7.55. The van der Waals surface area contributed by atoms with E-state index in [1.54, 1.807) is 46.7 Å². The number of nitrogens with two attached hydrogens (primary N) is 1. The van der Waals surface area contributed by atoms with E-state index < -0.39 is 6.10 Å². The fourth-order valence-corrected chi connectivity index (χ4v) is 3.38. The van der Waals surface area contributed by atoms with Crippen LogP contribution in [0.2, 0.25) is 0 Å². The Bertz CT molecular complexity index is 1340. The van der Waals surface area contributed by atoms with Gasteiger partial charge in [-0.1, -0.05) is 26.0 Å². The zero-order chi connectivity index (χ0) is 26.8. The Hall–Kier alpha value is -4.22. The number of hydrogen-bond acceptors (Lipinski definition) is 7. The third-order valence-electron chi connectivity index (χ3n) is 5.06. The Kier molecular flexibility index (Phi) is 10.1. The van der Waals surface area contributed by atoms with E-state index >= 15 is 0 Å². The highest BCUT2D eigenvalue weighted by atomic mass is 16.3. The van der Waals surface area contributed by atoms with Crippen LogP contribution in [-0.2, 0) is 6.54 Å². The fourth-order valence-electron chi connectivity index (χ4n) is 3.38. The molecule has 0 saturated carbocycles. The second kappa shape index (κ2) is 13.0. The van der Waals surface area contributed by atoms with Gasteiger partial charge in [0.1, 0.15) is 0 Å². The van der Waals surface area contributed by atoms with Crippen molar-refractivity contribution in [3.8, 4) is 11.1 Å². The maximum absolute atomic E-state index is 13.0. The van der Waals surface area contributed by atoms with Crippen LogP contribution >= 0.6 is 0 Å². The summed E-state index contributed by atoms with van der Waals surface area (Å²) in [5, 5.41) is 31.8. The Labute approximate surface area is 210 Å². The Balaban J connectivity index is 0.00000109. The van der Waals surface area contributed by atoms with Gasteiger partial charge in [-0.2, -0.15) is 10.2 Å². The zero-order valence-electron chi connectivity index (χ0n) is 21.1. The summed E-state index contributed by atoms with van der Waals surface area (Å²) in [5.74, 6) is -0.520. The number of aliphatic hydroxyl groups is 1. The van der Waals surface area contributed by atoms with Crippen LogP contribution in [0.3, 0.4) is 0 Å². The molecule has 0 radical (unpaired) electrons. The summed E-state index contributed by atoms with van der Waals surface area (Å²) in [6, 6.07) is 8.83. The van der Waals surface area contributed by atoms with E-state index in [4.69, 9.17) is 10.9 Å². The van der Waals surface area contributed by atoms with E-state index in [9.17, 15) is 9.90 Å². The van der Waals surface area contributed by atoms with Gasteiger partial charge in [-0.3, -0.25) is 14.9 Å². The quantitative estimate of drug-likeness (QED) is 0.155.